The van der Waals surface area contributed by atoms with E-state index in [0.29, 0.717) is 16.8 Å². The molecule has 1 aliphatic rings. The van der Waals surface area contributed by atoms with Gasteiger partial charge in [-0.2, -0.15) is 0 Å². The predicted octanol–water partition coefficient (Wildman–Crippen LogP) is 4.39. The van der Waals surface area contributed by atoms with Crippen molar-refractivity contribution in [3.8, 4) is 0 Å². The summed E-state index contributed by atoms with van der Waals surface area (Å²) < 4.78 is 20.7. The van der Waals surface area contributed by atoms with Crippen molar-refractivity contribution >= 4 is 23.0 Å². The molecule has 2 N–H and O–H groups in total. The quantitative estimate of drug-likeness (QED) is 0.772. The third-order valence-corrected chi connectivity index (χ3v) is 4.12. The monoisotopic (exact) mass is 353 g/mol. The first-order valence-corrected chi connectivity index (χ1v) is 8.49. The number of ether oxygens (including phenoxy) is 1. The summed E-state index contributed by atoms with van der Waals surface area (Å²) in [6.07, 6.45) is 4.17. The number of pyridine rings is 1. The predicted molar refractivity (Wildman–Crippen MR) is 96.8 cm³/mol. The van der Waals surface area contributed by atoms with Crippen LogP contribution in [-0.4, -0.2) is 28.7 Å². The molecule has 1 aromatic rings. The largest absolute Gasteiger partial charge is 0.339 e. The molecule has 0 saturated carbocycles. The van der Waals surface area contributed by atoms with E-state index in [-0.39, 0.29) is 18.7 Å². The summed E-state index contributed by atoms with van der Waals surface area (Å²) in [5.74, 6) is -1.50. The van der Waals surface area contributed by atoms with Gasteiger partial charge in [-0.25, -0.2) is 9.37 Å². The lowest BCUT2D eigenvalue weighted by Crippen LogP contribution is -2.47. The minimum Gasteiger partial charge on any atom is -0.339 e. The normalized spacial score (nSPS) is 23.7. The van der Waals surface area contributed by atoms with Crippen LogP contribution in [0.1, 0.15) is 46.1 Å². The van der Waals surface area contributed by atoms with E-state index >= 15 is 4.39 Å². The number of aromatic nitrogens is 1. The second-order valence-electron chi connectivity index (χ2n) is 7.13. The smallest absolute Gasteiger partial charge is 0.251 e. The second kappa shape index (κ2) is 7.30. The molecule has 0 radical (unpaired) electrons. The number of nitrogens with two attached hydrogens (primary N) is 1. The Balaban J connectivity index is 2.08. The van der Waals surface area contributed by atoms with Gasteiger partial charge < -0.3 is 10.5 Å². The molecule has 0 fully saturated rings. The molecule has 2 heterocycles. The summed E-state index contributed by atoms with van der Waals surface area (Å²) in [5.41, 5.74) is 7.40. The van der Waals surface area contributed by atoms with Gasteiger partial charge in [0.05, 0.1) is 18.0 Å². The van der Waals surface area contributed by atoms with Gasteiger partial charge in [0.1, 0.15) is 5.15 Å². The van der Waals surface area contributed by atoms with Crippen LogP contribution in [0.2, 0.25) is 5.15 Å². The fourth-order valence-corrected chi connectivity index (χ4v) is 3.04. The van der Waals surface area contributed by atoms with Gasteiger partial charge in [0.25, 0.3) is 5.85 Å². The Morgan fingerprint density at radius 1 is 1.50 bits per heavy atom. The van der Waals surface area contributed by atoms with Crippen molar-refractivity contribution in [2.75, 3.05) is 6.61 Å². The molecule has 0 saturated heterocycles. The Kier molecular flexibility index (Phi) is 5.78. The first-order chi connectivity index (χ1) is 11.1. The van der Waals surface area contributed by atoms with Crippen LogP contribution >= 0.6 is 11.6 Å². The number of halogens is 2. The molecule has 0 aliphatic carbocycles. The molecule has 24 heavy (non-hydrogen) atoms. The first kappa shape index (κ1) is 19.0. The van der Waals surface area contributed by atoms with E-state index in [0.717, 1.165) is 12.0 Å². The van der Waals surface area contributed by atoms with Crippen molar-refractivity contribution in [1.82, 2.24) is 4.98 Å². The lowest BCUT2D eigenvalue weighted by atomic mass is 9.92. The number of aliphatic imine (C=N–C) groups is 1. The summed E-state index contributed by atoms with van der Waals surface area (Å²) >= 11 is 5.90. The Morgan fingerprint density at radius 2 is 2.21 bits per heavy atom. The Labute approximate surface area is 148 Å². The highest BCUT2D eigenvalue weighted by atomic mass is 35.5. The zero-order chi connectivity index (χ0) is 18.0. The van der Waals surface area contributed by atoms with E-state index < -0.39 is 11.4 Å². The van der Waals surface area contributed by atoms with Crippen molar-refractivity contribution in [1.29, 1.82) is 0 Å². The van der Waals surface area contributed by atoms with Crippen LogP contribution in [0.25, 0.3) is 5.70 Å². The van der Waals surface area contributed by atoms with Gasteiger partial charge in [-0.05, 0) is 38.3 Å². The van der Waals surface area contributed by atoms with E-state index in [1.165, 1.54) is 0 Å². The minimum absolute atomic E-state index is 0.0926. The molecule has 0 bridgehead atoms. The van der Waals surface area contributed by atoms with Gasteiger partial charge in [-0.3, -0.25) is 4.99 Å². The standard InChI is InChI=1S/C18H25ClFN3O/c1-12(2)10-17(4,21)11-24-18(20)7-5-15(23-13(18)3)14-6-8-22-16(19)9-14/h5-6,8-9,12H,7,10-11,21H2,1-4H3. The Hall–Kier alpha value is -1.30. The zero-order valence-corrected chi connectivity index (χ0v) is 15.4. The Morgan fingerprint density at radius 3 is 2.79 bits per heavy atom. The van der Waals surface area contributed by atoms with Crippen molar-refractivity contribution in [2.45, 2.75) is 51.9 Å². The third-order valence-electron chi connectivity index (χ3n) is 3.91. The molecule has 2 atom stereocenters. The molecular weight excluding hydrogens is 329 g/mol. The molecule has 2 unspecified atom stereocenters. The van der Waals surface area contributed by atoms with Crippen molar-refractivity contribution in [3.05, 3.63) is 35.1 Å². The van der Waals surface area contributed by atoms with Crippen molar-refractivity contribution in [3.63, 3.8) is 0 Å². The summed E-state index contributed by atoms with van der Waals surface area (Å²) in [4.78, 5) is 8.30. The maximum atomic E-state index is 15.1. The van der Waals surface area contributed by atoms with Crippen molar-refractivity contribution < 1.29 is 9.13 Å². The summed E-state index contributed by atoms with van der Waals surface area (Å²) in [6, 6.07) is 3.50. The fraction of sp³-hybridized carbons (Fsp3) is 0.556. The molecule has 2 rings (SSSR count). The average Bonchev–Trinajstić information content (AvgIpc) is 2.47. The van der Waals surface area contributed by atoms with Crippen LogP contribution in [0.3, 0.4) is 0 Å². The number of hydrogen-bond donors (Lipinski definition) is 1. The van der Waals surface area contributed by atoms with Gasteiger partial charge >= 0.3 is 0 Å². The van der Waals surface area contributed by atoms with Crippen molar-refractivity contribution in [2.24, 2.45) is 16.6 Å². The third kappa shape index (κ3) is 4.85. The van der Waals surface area contributed by atoms with E-state index in [9.17, 15) is 0 Å². The fourth-order valence-electron chi connectivity index (χ4n) is 2.86. The summed E-state index contributed by atoms with van der Waals surface area (Å²) in [7, 11) is 0. The maximum Gasteiger partial charge on any atom is 0.251 e. The number of hydrogen-bond acceptors (Lipinski definition) is 4. The maximum absolute atomic E-state index is 15.1. The first-order valence-electron chi connectivity index (χ1n) is 8.11. The van der Waals surface area contributed by atoms with Gasteiger partial charge in [0.2, 0.25) is 0 Å². The topological polar surface area (TPSA) is 60.5 Å². The van der Waals surface area contributed by atoms with Gasteiger partial charge in [0.15, 0.2) is 0 Å². The highest BCUT2D eigenvalue weighted by Crippen LogP contribution is 2.32. The Bertz CT molecular complexity index is 657. The molecule has 4 nitrogen and oxygen atoms in total. The van der Waals surface area contributed by atoms with Crippen LogP contribution < -0.4 is 5.73 Å². The van der Waals surface area contributed by atoms with Crippen LogP contribution in [0.4, 0.5) is 4.39 Å². The van der Waals surface area contributed by atoms with E-state index in [2.05, 4.69) is 23.8 Å². The molecule has 1 aromatic heterocycles. The number of nitrogens with zero attached hydrogens (tertiary/aromatic N) is 2. The lowest BCUT2D eigenvalue weighted by molar-refractivity contribution is -0.104. The highest BCUT2D eigenvalue weighted by molar-refractivity contribution is 6.29. The SMILES string of the molecule is CC1=NC(c2ccnc(Cl)c2)=CCC1(F)OCC(C)(N)CC(C)C. The zero-order valence-electron chi connectivity index (χ0n) is 14.6. The van der Waals surface area contributed by atoms with Crippen LogP contribution in [-0.2, 0) is 4.74 Å². The van der Waals surface area contributed by atoms with Gasteiger partial charge in [-0.1, -0.05) is 31.5 Å². The molecule has 6 heteroatoms. The summed E-state index contributed by atoms with van der Waals surface area (Å²) in [6.45, 7) is 7.81. The second-order valence-corrected chi connectivity index (χ2v) is 7.51. The lowest BCUT2D eigenvalue weighted by Gasteiger charge is -2.33. The molecule has 0 spiro atoms. The summed E-state index contributed by atoms with van der Waals surface area (Å²) in [5, 5.41) is 0.377. The van der Waals surface area contributed by atoms with Crippen LogP contribution in [0.5, 0.6) is 0 Å². The molecule has 132 valence electrons. The number of alkyl halides is 1. The van der Waals surface area contributed by atoms with E-state index in [1.807, 2.05) is 6.92 Å². The average molecular weight is 354 g/mol. The van der Waals surface area contributed by atoms with E-state index in [1.54, 1.807) is 31.3 Å². The highest BCUT2D eigenvalue weighted by Gasteiger charge is 2.38. The van der Waals surface area contributed by atoms with Gasteiger partial charge in [-0.15, -0.1) is 0 Å². The number of rotatable bonds is 6. The molecule has 0 aromatic carbocycles. The van der Waals surface area contributed by atoms with E-state index in [4.69, 9.17) is 22.1 Å². The van der Waals surface area contributed by atoms with Gasteiger partial charge in [0, 0.05) is 23.7 Å². The minimum atomic E-state index is -1.92. The van der Waals surface area contributed by atoms with Crippen LogP contribution in [0, 0.1) is 5.92 Å². The molecule has 0 amide bonds. The molecule has 1 aliphatic heterocycles. The van der Waals surface area contributed by atoms with Crippen LogP contribution in [0.15, 0.2) is 29.4 Å². The molecular formula is C18H25ClFN3O.